The fourth-order valence-corrected chi connectivity index (χ4v) is 1.87. The van der Waals surface area contributed by atoms with Crippen molar-refractivity contribution in [3.05, 3.63) is 35.5 Å². The number of benzene rings is 1. The molecule has 5 nitrogen and oxygen atoms in total. The summed E-state index contributed by atoms with van der Waals surface area (Å²) in [6.07, 6.45) is 2.41. The Balaban J connectivity index is 2.19. The summed E-state index contributed by atoms with van der Waals surface area (Å²) < 4.78 is 5.06. The summed E-state index contributed by atoms with van der Waals surface area (Å²) in [6, 6.07) is 6.91. The maximum atomic E-state index is 12.0. The van der Waals surface area contributed by atoms with Crippen LogP contribution in [0.4, 0.5) is 4.79 Å². The lowest BCUT2D eigenvalue weighted by Gasteiger charge is -2.08. The fraction of sp³-hybridized carbons (Fsp3) is 0.286. The van der Waals surface area contributed by atoms with Gasteiger partial charge in [0, 0.05) is 6.54 Å². The molecule has 0 saturated carbocycles. The molecule has 100 valence electrons. The first-order valence-corrected chi connectivity index (χ1v) is 6.14. The second-order valence-electron chi connectivity index (χ2n) is 4.22. The molecule has 0 spiro atoms. The van der Waals surface area contributed by atoms with Crippen molar-refractivity contribution in [3.8, 4) is 5.75 Å². The molecule has 2 rings (SSSR count). The van der Waals surface area contributed by atoms with Gasteiger partial charge < -0.3 is 10.1 Å². The van der Waals surface area contributed by atoms with Gasteiger partial charge in [-0.25, -0.2) is 4.79 Å². The van der Waals surface area contributed by atoms with Crippen molar-refractivity contribution in [1.29, 1.82) is 0 Å². The van der Waals surface area contributed by atoms with Crippen LogP contribution in [0.15, 0.2) is 30.0 Å². The highest BCUT2D eigenvalue weighted by molar-refractivity contribution is 6.13. The summed E-state index contributed by atoms with van der Waals surface area (Å²) in [6.45, 7) is 2.36. The van der Waals surface area contributed by atoms with Crippen LogP contribution in [0.1, 0.15) is 18.9 Å². The molecule has 0 unspecified atom stereocenters. The Morgan fingerprint density at radius 1 is 1.26 bits per heavy atom. The zero-order valence-corrected chi connectivity index (χ0v) is 11.0. The molecule has 0 atom stereocenters. The largest absolute Gasteiger partial charge is 0.497 e. The molecule has 1 N–H and O–H groups in total. The highest BCUT2D eigenvalue weighted by Crippen LogP contribution is 2.17. The minimum Gasteiger partial charge on any atom is -0.497 e. The zero-order chi connectivity index (χ0) is 13.8. The fourth-order valence-electron chi connectivity index (χ4n) is 1.87. The van der Waals surface area contributed by atoms with E-state index in [0.717, 1.165) is 17.7 Å². The van der Waals surface area contributed by atoms with E-state index in [1.165, 1.54) is 4.90 Å². The second-order valence-corrected chi connectivity index (χ2v) is 4.22. The van der Waals surface area contributed by atoms with Crippen LogP contribution in [-0.4, -0.2) is 30.5 Å². The van der Waals surface area contributed by atoms with Crippen molar-refractivity contribution < 1.29 is 14.3 Å². The van der Waals surface area contributed by atoms with Gasteiger partial charge in [0.25, 0.3) is 5.91 Å². The summed E-state index contributed by atoms with van der Waals surface area (Å²) in [5.74, 6) is 0.471. The Morgan fingerprint density at radius 3 is 2.53 bits per heavy atom. The van der Waals surface area contributed by atoms with E-state index in [4.69, 9.17) is 4.74 Å². The Labute approximate surface area is 111 Å². The summed E-state index contributed by atoms with van der Waals surface area (Å²) >= 11 is 0. The lowest BCUT2D eigenvalue weighted by atomic mass is 10.2. The van der Waals surface area contributed by atoms with E-state index in [1.54, 1.807) is 25.3 Å². The zero-order valence-electron chi connectivity index (χ0n) is 11.0. The highest BCUT2D eigenvalue weighted by atomic mass is 16.5. The molecule has 1 aliphatic rings. The molecule has 0 aromatic heterocycles. The molecule has 0 aliphatic carbocycles. The number of methoxy groups -OCH3 is 1. The number of carbonyl (C=O) groups is 2. The Hall–Kier alpha value is -2.30. The maximum Gasteiger partial charge on any atom is 0.329 e. The molecule has 1 fully saturated rings. The molecular weight excluding hydrogens is 244 g/mol. The number of nitrogens with one attached hydrogen (secondary N) is 1. The van der Waals surface area contributed by atoms with Gasteiger partial charge in [-0.1, -0.05) is 19.1 Å². The smallest absolute Gasteiger partial charge is 0.329 e. The average molecular weight is 260 g/mol. The van der Waals surface area contributed by atoms with Crippen LogP contribution in [0, 0.1) is 0 Å². The van der Waals surface area contributed by atoms with Gasteiger partial charge in [0.2, 0.25) is 0 Å². The molecule has 19 heavy (non-hydrogen) atoms. The van der Waals surface area contributed by atoms with E-state index in [9.17, 15) is 9.59 Å². The molecule has 3 amide bonds. The van der Waals surface area contributed by atoms with Crippen LogP contribution in [0.2, 0.25) is 0 Å². The molecule has 1 heterocycles. The van der Waals surface area contributed by atoms with Crippen LogP contribution in [0.5, 0.6) is 5.75 Å². The molecule has 0 radical (unpaired) electrons. The van der Waals surface area contributed by atoms with Crippen LogP contribution >= 0.6 is 0 Å². The summed E-state index contributed by atoms with van der Waals surface area (Å²) in [7, 11) is 1.59. The SMILES string of the molecule is CCCN1C(=O)N/C(=C/c2ccc(OC)cc2)C1=O. The number of hydrogen-bond donors (Lipinski definition) is 1. The third-order valence-electron chi connectivity index (χ3n) is 2.84. The first kappa shape index (κ1) is 13.1. The summed E-state index contributed by atoms with van der Waals surface area (Å²) in [5, 5.41) is 2.58. The van der Waals surface area contributed by atoms with Gasteiger partial charge in [0.1, 0.15) is 11.4 Å². The van der Waals surface area contributed by atoms with Crippen molar-refractivity contribution >= 4 is 18.0 Å². The van der Waals surface area contributed by atoms with Crippen molar-refractivity contribution in [2.45, 2.75) is 13.3 Å². The average Bonchev–Trinajstić information content (AvgIpc) is 2.68. The number of ether oxygens (including phenoxy) is 1. The molecule has 1 aromatic rings. The standard InChI is InChI=1S/C14H16N2O3/c1-3-8-16-13(17)12(15-14(16)18)9-10-4-6-11(19-2)7-5-10/h4-7,9H,3,8H2,1-2H3,(H,15,18)/b12-9+. The van der Waals surface area contributed by atoms with Crippen LogP contribution in [-0.2, 0) is 4.79 Å². The number of amides is 3. The maximum absolute atomic E-state index is 12.0. The van der Waals surface area contributed by atoms with Crippen LogP contribution in [0.3, 0.4) is 0 Å². The number of rotatable bonds is 4. The number of urea groups is 1. The molecule has 1 aliphatic heterocycles. The number of hydrogen-bond acceptors (Lipinski definition) is 3. The monoisotopic (exact) mass is 260 g/mol. The number of imide groups is 1. The Morgan fingerprint density at radius 2 is 1.95 bits per heavy atom. The lowest BCUT2D eigenvalue weighted by molar-refractivity contribution is -0.122. The summed E-state index contributed by atoms with van der Waals surface area (Å²) in [4.78, 5) is 24.8. The Bertz CT molecular complexity index is 520. The van der Waals surface area contributed by atoms with E-state index in [2.05, 4.69) is 5.32 Å². The minimum atomic E-state index is -0.355. The highest BCUT2D eigenvalue weighted by Gasteiger charge is 2.32. The van der Waals surface area contributed by atoms with Crippen molar-refractivity contribution in [3.63, 3.8) is 0 Å². The van der Waals surface area contributed by atoms with Crippen molar-refractivity contribution in [1.82, 2.24) is 10.2 Å². The topological polar surface area (TPSA) is 58.6 Å². The second kappa shape index (κ2) is 5.56. The normalized spacial score (nSPS) is 16.9. The Kier molecular flexibility index (Phi) is 3.85. The van der Waals surface area contributed by atoms with Gasteiger partial charge in [-0.3, -0.25) is 9.69 Å². The van der Waals surface area contributed by atoms with Crippen LogP contribution in [0.25, 0.3) is 6.08 Å². The quantitative estimate of drug-likeness (QED) is 0.665. The third kappa shape index (κ3) is 2.76. The van der Waals surface area contributed by atoms with Crippen molar-refractivity contribution in [2.24, 2.45) is 0 Å². The molecule has 5 heteroatoms. The van der Waals surface area contributed by atoms with Crippen LogP contribution < -0.4 is 10.1 Å². The van der Waals surface area contributed by atoms with E-state index < -0.39 is 0 Å². The van der Waals surface area contributed by atoms with E-state index >= 15 is 0 Å². The van der Waals surface area contributed by atoms with E-state index in [0.29, 0.717) is 12.2 Å². The lowest BCUT2D eigenvalue weighted by Crippen LogP contribution is -2.31. The molecular formula is C14H16N2O3. The predicted octanol–water partition coefficient (Wildman–Crippen LogP) is 2.00. The summed E-state index contributed by atoms with van der Waals surface area (Å²) in [5.41, 5.74) is 1.14. The third-order valence-corrected chi connectivity index (χ3v) is 2.84. The van der Waals surface area contributed by atoms with E-state index in [1.807, 2.05) is 19.1 Å². The van der Waals surface area contributed by atoms with Gasteiger partial charge in [-0.2, -0.15) is 0 Å². The van der Waals surface area contributed by atoms with Gasteiger partial charge in [0.05, 0.1) is 7.11 Å². The predicted molar refractivity (Wildman–Crippen MR) is 71.5 cm³/mol. The number of carbonyl (C=O) groups excluding carboxylic acids is 2. The van der Waals surface area contributed by atoms with Gasteiger partial charge >= 0.3 is 6.03 Å². The first-order chi connectivity index (χ1) is 9.15. The van der Waals surface area contributed by atoms with Gasteiger partial charge in [0.15, 0.2) is 0 Å². The number of nitrogens with zero attached hydrogens (tertiary/aromatic N) is 1. The first-order valence-electron chi connectivity index (χ1n) is 6.14. The molecule has 1 aromatic carbocycles. The van der Waals surface area contributed by atoms with E-state index in [-0.39, 0.29) is 11.9 Å². The minimum absolute atomic E-state index is 0.275. The molecule has 0 bridgehead atoms. The van der Waals surface area contributed by atoms with Gasteiger partial charge in [-0.05, 0) is 30.2 Å². The van der Waals surface area contributed by atoms with Crippen molar-refractivity contribution in [2.75, 3.05) is 13.7 Å². The van der Waals surface area contributed by atoms with Gasteiger partial charge in [-0.15, -0.1) is 0 Å². The molecule has 1 saturated heterocycles.